The van der Waals surface area contributed by atoms with Crippen molar-refractivity contribution >= 4 is 16.5 Å². The highest BCUT2D eigenvalue weighted by Gasteiger charge is 2.10. The van der Waals surface area contributed by atoms with Crippen molar-refractivity contribution in [1.82, 2.24) is 10.3 Å². The molecule has 0 fully saturated rings. The van der Waals surface area contributed by atoms with Gasteiger partial charge in [0.2, 0.25) is 0 Å². The van der Waals surface area contributed by atoms with Crippen LogP contribution >= 0.6 is 11.3 Å². The van der Waals surface area contributed by atoms with E-state index < -0.39 is 0 Å². The van der Waals surface area contributed by atoms with Crippen LogP contribution < -0.4 is 10.2 Å². The Kier molecular flexibility index (Phi) is 3.16. The Morgan fingerprint density at radius 1 is 1.57 bits per heavy atom. The predicted molar refractivity (Wildman–Crippen MR) is 60.8 cm³/mol. The summed E-state index contributed by atoms with van der Waals surface area (Å²) in [6, 6.07) is 0. The van der Waals surface area contributed by atoms with Gasteiger partial charge in [-0.25, -0.2) is 4.98 Å². The smallest absolute Gasteiger partial charge is 0.185 e. The lowest BCUT2D eigenvalue weighted by molar-refractivity contribution is 0.815. The molecule has 0 saturated heterocycles. The minimum Gasteiger partial charge on any atom is -0.344 e. The van der Waals surface area contributed by atoms with Crippen molar-refractivity contribution in [3.63, 3.8) is 0 Å². The molecule has 0 bridgehead atoms. The Bertz CT molecular complexity index is 319. The Morgan fingerprint density at radius 2 is 2.50 bits per heavy atom. The zero-order valence-corrected chi connectivity index (χ0v) is 9.18. The van der Waals surface area contributed by atoms with Crippen LogP contribution in [0.25, 0.3) is 0 Å². The highest BCUT2D eigenvalue weighted by atomic mass is 32.1. The lowest BCUT2D eigenvalue weighted by Crippen LogP contribution is -2.26. The number of nitrogens with one attached hydrogen (secondary N) is 1. The van der Waals surface area contributed by atoms with E-state index in [2.05, 4.69) is 27.4 Å². The van der Waals surface area contributed by atoms with Gasteiger partial charge >= 0.3 is 0 Å². The fourth-order valence-electron chi connectivity index (χ4n) is 1.51. The van der Waals surface area contributed by atoms with E-state index >= 15 is 0 Å². The summed E-state index contributed by atoms with van der Waals surface area (Å²) in [5.41, 5.74) is 0. The molecule has 4 heteroatoms. The van der Waals surface area contributed by atoms with Gasteiger partial charge in [0.1, 0.15) is 0 Å². The summed E-state index contributed by atoms with van der Waals surface area (Å²) >= 11 is 1.78. The zero-order chi connectivity index (χ0) is 9.80. The van der Waals surface area contributed by atoms with E-state index in [0.717, 1.165) is 31.2 Å². The number of nitrogens with zero attached hydrogens (tertiary/aromatic N) is 2. The topological polar surface area (TPSA) is 28.2 Å². The van der Waals surface area contributed by atoms with Crippen LogP contribution in [0.3, 0.4) is 0 Å². The molecule has 0 aromatic carbocycles. The van der Waals surface area contributed by atoms with Gasteiger partial charge < -0.3 is 10.2 Å². The highest BCUT2D eigenvalue weighted by molar-refractivity contribution is 7.15. The Morgan fingerprint density at radius 3 is 3.21 bits per heavy atom. The second kappa shape index (κ2) is 4.57. The molecule has 2 rings (SSSR count). The quantitative estimate of drug-likeness (QED) is 0.767. The normalized spacial score (nSPS) is 16.2. The average molecular weight is 209 g/mol. The third-order valence-electron chi connectivity index (χ3n) is 2.22. The molecular weight excluding hydrogens is 194 g/mol. The third kappa shape index (κ3) is 2.13. The summed E-state index contributed by atoms with van der Waals surface area (Å²) < 4.78 is 0. The first-order valence-corrected chi connectivity index (χ1v) is 5.71. The van der Waals surface area contributed by atoms with Crippen LogP contribution in [0.15, 0.2) is 18.3 Å². The van der Waals surface area contributed by atoms with Crippen molar-refractivity contribution in [3.05, 3.63) is 23.2 Å². The number of anilines is 1. The lowest BCUT2D eigenvalue weighted by Gasteiger charge is -2.22. The molecule has 0 spiro atoms. The van der Waals surface area contributed by atoms with Crippen LogP contribution in [-0.4, -0.2) is 25.1 Å². The number of thiazole rings is 1. The average Bonchev–Trinajstić information content (AvgIpc) is 2.68. The van der Waals surface area contributed by atoms with E-state index in [1.165, 1.54) is 4.88 Å². The Labute approximate surface area is 88.5 Å². The maximum Gasteiger partial charge on any atom is 0.185 e. The van der Waals surface area contributed by atoms with Gasteiger partial charge in [-0.2, -0.15) is 0 Å². The van der Waals surface area contributed by atoms with E-state index in [1.54, 1.807) is 11.3 Å². The summed E-state index contributed by atoms with van der Waals surface area (Å²) in [5, 5.41) is 4.29. The van der Waals surface area contributed by atoms with Crippen LogP contribution in [-0.2, 0) is 6.54 Å². The SMILES string of the molecule is CNCc1cnc(N2CC=CCC2)s1. The first-order valence-electron chi connectivity index (χ1n) is 4.89. The number of hydrogen-bond donors (Lipinski definition) is 1. The molecule has 1 aromatic rings. The molecule has 0 radical (unpaired) electrons. The van der Waals surface area contributed by atoms with Gasteiger partial charge in [0, 0.05) is 30.7 Å². The van der Waals surface area contributed by atoms with E-state index in [-0.39, 0.29) is 0 Å². The van der Waals surface area contributed by atoms with Gasteiger partial charge in [-0.1, -0.05) is 12.2 Å². The van der Waals surface area contributed by atoms with Gasteiger partial charge in [0.05, 0.1) is 0 Å². The molecule has 0 atom stereocenters. The van der Waals surface area contributed by atoms with Crippen LogP contribution in [0.2, 0.25) is 0 Å². The van der Waals surface area contributed by atoms with Crippen molar-refractivity contribution < 1.29 is 0 Å². The van der Waals surface area contributed by atoms with Crippen molar-refractivity contribution in [1.29, 1.82) is 0 Å². The molecule has 3 nitrogen and oxygen atoms in total. The van der Waals surface area contributed by atoms with Crippen LogP contribution in [0, 0.1) is 0 Å². The minimum absolute atomic E-state index is 0.918. The molecule has 1 N–H and O–H groups in total. The number of aromatic nitrogens is 1. The molecule has 1 aromatic heterocycles. The molecule has 0 amide bonds. The third-order valence-corrected chi connectivity index (χ3v) is 3.28. The molecule has 14 heavy (non-hydrogen) atoms. The van der Waals surface area contributed by atoms with Gasteiger partial charge in [-0.05, 0) is 13.5 Å². The highest BCUT2D eigenvalue weighted by Crippen LogP contribution is 2.23. The maximum atomic E-state index is 4.43. The fraction of sp³-hybridized carbons (Fsp3) is 0.500. The van der Waals surface area contributed by atoms with E-state index in [0.29, 0.717) is 0 Å². The molecule has 1 aliphatic rings. The van der Waals surface area contributed by atoms with Crippen molar-refractivity contribution in [2.24, 2.45) is 0 Å². The summed E-state index contributed by atoms with van der Waals surface area (Å²) in [7, 11) is 1.96. The molecule has 0 unspecified atom stereocenters. The molecular formula is C10H15N3S. The number of rotatable bonds is 3. The molecule has 0 saturated carbocycles. The van der Waals surface area contributed by atoms with Gasteiger partial charge in [0.25, 0.3) is 0 Å². The van der Waals surface area contributed by atoms with Crippen LogP contribution in [0.5, 0.6) is 0 Å². The van der Waals surface area contributed by atoms with E-state index in [1.807, 2.05) is 13.2 Å². The van der Waals surface area contributed by atoms with Gasteiger partial charge in [0.15, 0.2) is 5.13 Å². The first-order chi connectivity index (χ1) is 6.90. The molecule has 1 aliphatic heterocycles. The maximum absolute atomic E-state index is 4.43. The summed E-state index contributed by atoms with van der Waals surface area (Å²) in [6.45, 7) is 3.02. The Hall–Kier alpha value is -0.870. The molecule has 0 aliphatic carbocycles. The van der Waals surface area contributed by atoms with Crippen molar-refractivity contribution in [2.45, 2.75) is 13.0 Å². The van der Waals surface area contributed by atoms with Gasteiger partial charge in [-0.15, -0.1) is 11.3 Å². The van der Waals surface area contributed by atoms with Crippen LogP contribution in [0.4, 0.5) is 5.13 Å². The Balaban J connectivity index is 2.04. The zero-order valence-electron chi connectivity index (χ0n) is 8.36. The summed E-state index contributed by atoms with van der Waals surface area (Å²) in [4.78, 5) is 8.06. The van der Waals surface area contributed by atoms with Crippen LogP contribution in [0.1, 0.15) is 11.3 Å². The fourth-order valence-corrected chi connectivity index (χ4v) is 2.47. The first kappa shape index (κ1) is 9.68. The molecule has 76 valence electrons. The monoisotopic (exact) mass is 209 g/mol. The largest absolute Gasteiger partial charge is 0.344 e. The van der Waals surface area contributed by atoms with E-state index in [4.69, 9.17) is 0 Å². The second-order valence-electron chi connectivity index (χ2n) is 3.35. The second-order valence-corrected chi connectivity index (χ2v) is 4.44. The van der Waals surface area contributed by atoms with Crippen molar-refractivity contribution in [2.75, 3.05) is 25.0 Å². The molecule has 2 heterocycles. The number of hydrogen-bond acceptors (Lipinski definition) is 4. The van der Waals surface area contributed by atoms with Crippen molar-refractivity contribution in [3.8, 4) is 0 Å². The minimum atomic E-state index is 0.918. The predicted octanol–water partition coefficient (Wildman–Crippen LogP) is 1.63. The van der Waals surface area contributed by atoms with E-state index in [9.17, 15) is 0 Å². The lowest BCUT2D eigenvalue weighted by atomic mass is 10.3. The standard InChI is InChI=1S/C10H15N3S/c1-11-7-9-8-12-10(14-9)13-5-3-2-4-6-13/h2-3,8,11H,4-7H2,1H3. The summed E-state index contributed by atoms with van der Waals surface area (Å²) in [5.74, 6) is 0. The summed E-state index contributed by atoms with van der Waals surface area (Å²) in [6.07, 6.45) is 7.55. The van der Waals surface area contributed by atoms with Gasteiger partial charge in [-0.3, -0.25) is 0 Å².